The number of hydrogen-bond donors (Lipinski definition) is 0. The van der Waals surface area contributed by atoms with Gasteiger partial charge in [-0.2, -0.15) is 0 Å². The van der Waals surface area contributed by atoms with Gasteiger partial charge in [0.2, 0.25) is 0 Å². The van der Waals surface area contributed by atoms with Crippen molar-refractivity contribution >= 4 is 11.8 Å². The van der Waals surface area contributed by atoms with Crippen LogP contribution in [0.15, 0.2) is 24.3 Å². The summed E-state index contributed by atoms with van der Waals surface area (Å²) in [5.41, 5.74) is 0.784. The SMILES string of the molecule is CC(C)(C)OC(=O)N1CCC(COc2ccccc2N2CCCC2)CC1. The summed E-state index contributed by atoms with van der Waals surface area (Å²) in [6.45, 7) is 10.2. The lowest BCUT2D eigenvalue weighted by Crippen LogP contribution is -2.42. The Hall–Kier alpha value is -1.91. The molecule has 3 rings (SSSR count). The largest absolute Gasteiger partial charge is 0.491 e. The minimum absolute atomic E-state index is 0.198. The summed E-state index contributed by atoms with van der Waals surface area (Å²) >= 11 is 0. The van der Waals surface area contributed by atoms with Crippen LogP contribution in [0, 0.1) is 5.92 Å². The third-order valence-electron chi connectivity index (χ3n) is 5.05. The molecule has 0 spiro atoms. The number of ether oxygens (including phenoxy) is 2. The van der Waals surface area contributed by atoms with Gasteiger partial charge in [0.05, 0.1) is 12.3 Å². The highest BCUT2D eigenvalue weighted by Crippen LogP contribution is 2.31. The number of nitrogens with zero attached hydrogens (tertiary/aromatic N) is 2. The van der Waals surface area contributed by atoms with Crippen LogP contribution in [0.5, 0.6) is 5.75 Å². The number of carbonyl (C=O) groups is 1. The molecule has 2 fully saturated rings. The first-order chi connectivity index (χ1) is 12.4. The molecule has 0 N–H and O–H groups in total. The van der Waals surface area contributed by atoms with E-state index in [1.54, 1.807) is 0 Å². The molecule has 0 saturated carbocycles. The lowest BCUT2D eigenvalue weighted by Gasteiger charge is -2.33. The molecular formula is C21H32N2O3. The van der Waals surface area contributed by atoms with Gasteiger partial charge >= 0.3 is 6.09 Å². The Bertz CT molecular complexity index is 598. The van der Waals surface area contributed by atoms with Crippen LogP contribution < -0.4 is 9.64 Å². The van der Waals surface area contributed by atoms with Crippen LogP contribution in [-0.2, 0) is 4.74 Å². The van der Waals surface area contributed by atoms with Gasteiger partial charge in [-0.25, -0.2) is 4.79 Å². The van der Waals surface area contributed by atoms with Crippen molar-refractivity contribution in [2.75, 3.05) is 37.7 Å². The number of amides is 1. The Morgan fingerprint density at radius 2 is 1.73 bits per heavy atom. The number of para-hydroxylation sites is 2. The minimum Gasteiger partial charge on any atom is -0.491 e. The molecule has 0 bridgehead atoms. The van der Waals surface area contributed by atoms with E-state index >= 15 is 0 Å². The highest BCUT2D eigenvalue weighted by Gasteiger charge is 2.27. The molecule has 1 aromatic rings. The van der Waals surface area contributed by atoms with Crippen molar-refractivity contribution in [2.45, 2.75) is 52.1 Å². The summed E-state index contributed by atoms with van der Waals surface area (Å²) < 4.78 is 11.7. The topological polar surface area (TPSA) is 42.0 Å². The second-order valence-electron chi connectivity index (χ2n) is 8.38. The van der Waals surface area contributed by atoms with Crippen LogP contribution in [0.4, 0.5) is 10.5 Å². The lowest BCUT2D eigenvalue weighted by atomic mass is 9.98. The average molecular weight is 360 g/mol. The molecule has 1 aromatic carbocycles. The van der Waals surface area contributed by atoms with Gasteiger partial charge in [-0.05, 0) is 64.5 Å². The van der Waals surface area contributed by atoms with E-state index < -0.39 is 5.60 Å². The van der Waals surface area contributed by atoms with Crippen LogP contribution in [0.2, 0.25) is 0 Å². The van der Waals surface area contributed by atoms with Crippen molar-refractivity contribution in [3.63, 3.8) is 0 Å². The monoisotopic (exact) mass is 360 g/mol. The Morgan fingerprint density at radius 1 is 1.08 bits per heavy atom. The van der Waals surface area contributed by atoms with Gasteiger partial charge < -0.3 is 19.3 Å². The predicted molar refractivity (Wildman–Crippen MR) is 104 cm³/mol. The van der Waals surface area contributed by atoms with Gasteiger partial charge in [0, 0.05) is 26.2 Å². The molecule has 2 aliphatic rings. The van der Waals surface area contributed by atoms with E-state index in [1.807, 2.05) is 31.7 Å². The molecule has 0 atom stereocenters. The van der Waals surface area contributed by atoms with Crippen LogP contribution in [0.25, 0.3) is 0 Å². The first kappa shape index (κ1) is 18.9. The van der Waals surface area contributed by atoms with Crippen LogP contribution in [-0.4, -0.2) is 49.4 Å². The standard InChI is InChI=1S/C21H32N2O3/c1-21(2,3)26-20(24)23-14-10-17(11-15-23)16-25-19-9-5-4-8-18(19)22-12-6-7-13-22/h4-5,8-9,17H,6-7,10-16H2,1-3H3. The first-order valence-electron chi connectivity index (χ1n) is 9.87. The molecule has 0 aromatic heterocycles. The smallest absolute Gasteiger partial charge is 0.410 e. The van der Waals surface area contributed by atoms with E-state index in [4.69, 9.17) is 9.47 Å². The third-order valence-corrected chi connectivity index (χ3v) is 5.05. The predicted octanol–water partition coefficient (Wildman–Crippen LogP) is 4.31. The van der Waals surface area contributed by atoms with Crippen molar-refractivity contribution < 1.29 is 14.3 Å². The van der Waals surface area contributed by atoms with E-state index in [0.29, 0.717) is 12.5 Å². The summed E-state index contributed by atoms with van der Waals surface area (Å²) in [6.07, 6.45) is 4.25. The van der Waals surface area contributed by atoms with Crippen molar-refractivity contribution in [1.29, 1.82) is 0 Å². The number of carbonyl (C=O) groups excluding carboxylic acids is 1. The fourth-order valence-electron chi connectivity index (χ4n) is 3.61. The van der Waals surface area contributed by atoms with Crippen molar-refractivity contribution in [2.24, 2.45) is 5.92 Å². The number of anilines is 1. The Labute approximate surface area is 157 Å². The summed E-state index contributed by atoms with van der Waals surface area (Å²) in [6, 6.07) is 8.36. The second kappa shape index (κ2) is 8.19. The van der Waals surface area contributed by atoms with E-state index in [1.165, 1.54) is 18.5 Å². The van der Waals surface area contributed by atoms with Gasteiger partial charge in [0.25, 0.3) is 0 Å². The molecule has 5 heteroatoms. The minimum atomic E-state index is -0.434. The van der Waals surface area contributed by atoms with E-state index in [2.05, 4.69) is 23.1 Å². The molecule has 5 nitrogen and oxygen atoms in total. The number of likely N-dealkylation sites (tertiary alicyclic amines) is 1. The Balaban J connectivity index is 1.48. The van der Waals surface area contributed by atoms with Gasteiger partial charge in [-0.15, -0.1) is 0 Å². The quantitative estimate of drug-likeness (QED) is 0.802. The Kier molecular flexibility index (Phi) is 5.94. The molecule has 0 radical (unpaired) electrons. The van der Waals surface area contributed by atoms with Crippen LogP contribution in [0.3, 0.4) is 0 Å². The van der Waals surface area contributed by atoms with Gasteiger partial charge in [-0.3, -0.25) is 0 Å². The zero-order chi connectivity index (χ0) is 18.6. The number of benzene rings is 1. The van der Waals surface area contributed by atoms with E-state index in [0.717, 1.165) is 44.8 Å². The van der Waals surface area contributed by atoms with Crippen molar-refractivity contribution in [3.8, 4) is 5.75 Å². The highest BCUT2D eigenvalue weighted by molar-refractivity contribution is 5.68. The first-order valence-corrected chi connectivity index (χ1v) is 9.87. The third kappa shape index (κ3) is 5.05. The molecule has 0 unspecified atom stereocenters. The summed E-state index contributed by atoms with van der Waals surface area (Å²) in [5, 5.41) is 0. The highest BCUT2D eigenvalue weighted by atomic mass is 16.6. The van der Waals surface area contributed by atoms with Crippen LogP contribution in [0.1, 0.15) is 46.5 Å². The molecular weight excluding hydrogens is 328 g/mol. The zero-order valence-corrected chi connectivity index (χ0v) is 16.4. The Morgan fingerprint density at radius 3 is 2.38 bits per heavy atom. The molecule has 144 valence electrons. The van der Waals surface area contributed by atoms with Gasteiger partial charge in [0.1, 0.15) is 11.4 Å². The van der Waals surface area contributed by atoms with Crippen molar-refractivity contribution in [3.05, 3.63) is 24.3 Å². The zero-order valence-electron chi connectivity index (χ0n) is 16.4. The fourth-order valence-corrected chi connectivity index (χ4v) is 3.61. The molecule has 2 saturated heterocycles. The van der Waals surface area contributed by atoms with E-state index in [-0.39, 0.29) is 6.09 Å². The number of piperidine rings is 1. The summed E-state index contributed by atoms with van der Waals surface area (Å²) in [7, 11) is 0. The summed E-state index contributed by atoms with van der Waals surface area (Å²) in [5.74, 6) is 1.48. The molecule has 26 heavy (non-hydrogen) atoms. The molecule has 2 heterocycles. The van der Waals surface area contributed by atoms with Crippen molar-refractivity contribution in [1.82, 2.24) is 4.90 Å². The maximum absolute atomic E-state index is 12.2. The van der Waals surface area contributed by atoms with Crippen LogP contribution >= 0.6 is 0 Å². The fraction of sp³-hybridized carbons (Fsp3) is 0.667. The maximum Gasteiger partial charge on any atom is 0.410 e. The molecule has 1 amide bonds. The maximum atomic E-state index is 12.2. The molecule has 0 aliphatic carbocycles. The number of hydrogen-bond acceptors (Lipinski definition) is 4. The molecule has 2 aliphatic heterocycles. The van der Waals surface area contributed by atoms with Gasteiger partial charge in [-0.1, -0.05) is 12.1 Å². The number of rotatable bonds is 4. The summed E-state index contributed by atoms with van der Waals surface area (Å²) in [4.78, 5) is 16.4. The van der Waals surface area contributed by atoms with Gasteiger partial charge in [0.15, 0.2) is 0 Å². The second-order valence-corrected chi connectivity index (χ2v) is 8.38. The average Bonchev–Trinajstić information content (AvgIpc) is 3.13. The lowest BCUT2D eigenvalue weighted by molar-refractivity contribution is 0.0165. The van der Waals surface area contributed by atoms with E-state index in [9.17, 15) is 4.79 Å². The normalized spacial score (nSPS) is 18.9.